The smallest absolute Gasteiger partial charge is 0.0303 e. The lowest BCUT2D eigenvalue weighted by Crippen LogP contribution is -1.82. The van der Waals surface area contributed by atoms with Crippen LogP contribution in [0.5, 0.6) is 0 Å². The lowest BCUT2D eigenvalue weighted by atomic mass is 10.1. The van der Waals surface area contributed by atoms with Crippen molar-refractivity contribution in [3.63, 3.8) is 0 Å². The van der Waals surface area contributed by atoms with Gasteiger partial charge in [-0.1, -0.05) is 52.2 Å². The normalized spacial score (nSPS) is 11.7. The van der Waals surface area contributed by atoms with Crippen molar-refractivity contribution < 1.29 is 0 Å². The third kappa shape index (κ3) is 11.7. The van der Waals surface area contributed by atoms with Crippen molar-refractivity contribution in [2.75, 3.05) is 0 Å². The topological polar surface area (TPSA) is 0 Å². The molecule has 0 bridgehead atoms. The van der Waals surface area contributed by atoms with Gasteiger partial charge in [0, 0.05) is 0 Å². The molecule has 0 aliphatic rings. The monoisotopic (exact) mass is 195 g/mol. The largest absolute Gasteiger partial charge is 0.0885 e. The highest BCUT2D eigenvalue weighted by molar-refractivity contribution is 4.84. The molecule has 0 aromatic rings. The second-order valence-electron chi connectivity index (χ2n) is 4.42. The molecule has 0 heteroatoms. The Morgan fingerprint density at radius 3 is 2.07 bits per heavy atom. The van der Waals surface area contributed by atoms with Crippen LogP contribution in [-0.4, -0.2) is 0 Å². The summed E-state index contributed by atoms with van der Waals surface area (Å²) in [4.78, 5) is 0. The van der Waals surface area contributed by atoms with E-state index in [1.54, 1.807) is 5.92 Å². The lowest BCUT2D eigenvalue weighted by molar-refractivity contribution is 0.673. The van der Waals surface area contributed by atoms with Crippen LogP contribution in [0.4, 0.5) is 0 Å². The fourth-order valence-electron chi connectivity index (χ4n) is 1.50. The standard InChI is InChI=1S/C14H27/c1-4-5-6-7-8-9-10-11-12-13-14(2)3/h9-10H,4-8,11-13H2,1-3H3/b10-9+. The van der Waals surface area contributed by atoms with Crippen molar-refractivity contribution >= 4 is 0 Å². The summed E-state index contributed by atoms with van der Waals surface area (Å²) in [6.45, 7) is 6.70. The van der Waals surface area contributed by atoms with E-state index < -0.39 is 0 Å². The van der Waals surface area contributed by atoms with Gasteiger partial charge in [0.05, 0.1) is 0 Å². The van der Waals surface area contributed by atoms with Gasteiger partial charge in [-0.2, -0.15) is 0 Å². The summed E-state index contributed by atoms with van der Waals surface area (Å²) in [5, 5.41) is 0. The molecule has 83 valence electrons. The minimum absolute atomic E-state index is 1.26. The number of hydrogen-bond donors (Lipinski definition) is 0. The van der Waals surface area contributed by atoms with E-state index in [1.165, 1.54) is 51.4 Å². The van der Waals surface area contributed by atoms with Gasteiger partial charge in [-0.05, 0) is 38.0 Å². The molecule has 0 heterocycles. The van der Waals surface area contributed by atoms with Gasteiger partial charge in [0.2, 0.25) is 0 Å². The van der Waals surface area contributed by atoms with Gasteiger partial charge >= 0.3 is 0 Å². The van der Waals surface area contributed by atoms with Crippen molar-refractivity contribution in [2.45, 2.75) is 72.1 Å². The van der Waals surface area contributed by atoms with Gasteiger partial charge in [-0.25, -0.2) is 0 Å². The molecule has 0 aromatic heterocycles. The quantitative estimate of drug-likeness (QED) is 0.346. The Morgan fingerprint density at radius 2 is 1.50 bits per heavy atom. The van der Waals surface area contributed by atoms with Gasteiger partial charge in [0.1, 0.15) is 0 Å². The predicted molar refractivity (Wildman–Crippen MR) is 66.3 cm³/mol. The highest BCUT2D eigenvalue weighted by atomic mass is 14.0. The molecular formula is C14H27. The summed E-state index contributed by atoms with van der Waals surface area (Å²) in [5.41, 5.74) is 0. The molecule has 14 heavy (non-hydrogen) atoms. The van der Waals surface area contributed by atoms with Crippen molar-refractivity contribution in [3.8, 4) is 0 Å². The summed E-state index contributed by atoms with van der Waals surface area (Å²) in [6, 6.07) is 0. The van der Waals surface area contributed by atoms with E-state index in [0.29, 0.717) is 0 Å². The Kier molecular flexibility index (Phi) is 10.6. The van der Waals surface area contributed by atoms with Crippen molar-refractivity contribution in [3.05, 3.63) is 18.1 Å². The van der Waals surface area contributed by atoms with Crippen LogP contribution < -0.4 is 0 Å². The Bertz CT molecular complexity index is 122. The second kappa shape index (κ2) is 10.8. The highest BCUT2D eigenvalue weighted by Gasteiger charge is 1.91. The first-order valence-corrected chi connectivity index (χ1v) is 6.21. The summed E-state index contributed by atoms with van der Waals surface area (Å²) in [5.74, 6) is 1.56. The van der Waals surface area contributed by atoms with Gasteiger partial charge in [-0.15, -0.1) is 0 Å². The molecule has 0 saturated carbocycles. The van der Waals surface area contributed by atoms with E-state index in [1.807, 2.05) is 0 Å². The Hall–Kier alpha value is -0.260. The van der Waals surface area contributed by atoms with Gasteiger partial charge in [0.25, 0.3) is 0 Å². The molecule has 0 fully saturated rings. The molecule has 0 nitrogen and oxygen atoms in total. The Balaban J connectivity index is 3.04. The van der Waals surface area contributed by atoms with Crippen molar-refractivity contribution in [1.82, 2.24) is 0 Å². The predicted octanol–water partition coefficient (Wildman–Crippen LogP) is 5.30. The molecule has 0 saturated heterocycles. The Labute approximate surface area is 90.8 Å². The van der Waals surface area contributed by atoms with Crippen molar-refractivity contribution in [1.29, 1.82) is 0 Å². The maximum Gasteiger partial charge on any atom is -0.0303 e. The Morgan fingerprint density at radius 1 is 0.857 bits per heavy atom. The molecule has 0 spiro atoms. The third-order valence-corrected chi connectivity index (χ3v) is 2.44. The number of unbranched alkanes of at least 4 members (excludes halogenated alkanes) is 5. The fourth-order valence-corrected chi connectivity index (χ4v) is 1.50. The van der Waals surface area contributed by atoms with Crippen molar-refractivity contribution in [2.24, 2.45) is 0 Å². The fraction of sp³-hybridized carbons (Fsp3) is 0.786. The van der Waals surface area contributed by atoms with Gasteiger partial charge in [0.15, 0.2) is 0 Å². The molecule has 0 aromatic carbocycles. The molecule has 0 N–H and O–H groups in total. The molecule has 0 aliphatic heterocycles. The summed E-state index contributed by atoms with van der Waals surface area (Å²) >= 11 is 0. The van der Waals surface area contributed by atoms with Crippen LogP contribution in [0, 0.1) is 5.92 Å². The second-order valence-corrected chi connectivity index (χ2v) is 4.42. The van der Waals surface area contributed by atoms with Crippen LogP contribution in [-0.2, 0) is 0 Å². The van der Waals surface area contributed by atoms with Crippen LogP contribution >= 0.6 is 0 Å². The van der Waals surface area contributed by atoms with E-state index in [-0.39, 0.29) is 0 Å². The average Bonchev–Trinajstić information content (AvgIpc) is 2.15. The maximum atomic E-state index is 2.36. The zero-order chi connectivity index (χ0) is 10.6. The van der Waals surface area contributed by atoms with Crippen LogP contribution in [0.2, 0.25) is 0 Å². The van der Waals surface area contributed by atoms with Crippen LogP contribution in [0.3, 0.4) is 0 Å². The van der Waals surface area contributed by atoms with E-state index in [0.717, 1.165) is 0 Å². The van der Waals surface area contributed by atoms with Crippen LogP contribution in [0.15, 0.2) is 12.2 Å². The number of rotatable bonds is 9. The molecule has 1 radical (unpaired) electrons. The summed E-state index contributed by atoms with van der Waals surface area (Å²) in [7, 11) is 0. The number of allylic oxidation sites excluding steroid dienone is 2. The first-order valence-electron chi connectivity index (χ1n) is 6.21. The van der Waals surface area contributed by atoms with E-state index in [4.69, 9.17) is 0 Å². The minimum atomic E-state index is 1.26. The lowest BCUT2D eigenvalue weighted by Gasteiger charge is -2.00. The van der Waals surface area contributed by atoms with E-state index >= 15 is 0 Å². The molecule has 0 amide bonds. The molecule has 0 aliphatic carbocycles. The van der Waals surface area contributed by atoms with Crippen LogP contribution in [0.25, 0.3) is 0 Å². The molecule has 0 rings (SSSR count). The van der Waals surface area contributed by atoms with Gasteiger partial charge in [-0.3, -0.25) is 0 Å². The first-order chi connectivity index (χ1) is 6.77. The summed E-state index contributed by atoms with van der Waals surface area (Å²) < 4.78 is 0. The van der Waals surface area contributed by atoms with E-state index in [9.17, 15) is 0 Å². The van der Waals surface area contributed by atoms with Gasteiger partial charge < -0.3 is 0 Å². The molecule has 0 unspecified atom stereocenters. The molecule has 0 atom stereocenters. The minimum Gasteiger partial charge on any atom is -0.0885 e. The number of hydrogen-bond acceptors (Lipinski definition) is 0. The zero-order valence-corrected chi connectivity index (χ0v) is 10.3. The molecular weight excluding hydrogens is 168 g/mol. The summed E-state index contributed by atoms with van der Waals surface area (Å²) in [6.07, 6.45) is 15.4. The SMILES string of the molecule is CCCCCC/C=C/CCC[C](C)C. The van der Waals surface area contributed by atoms with Crippen LogP contribution in [0.1, 0.15) is 72.1 Å². The average molecular weight is 195 g/mol. The maximum absolute atomic E-state index is 2.36. The highest BCUT2D eigenvalue weighted by Crippen LogP contribution is 2.09. The van der Waals surface area contributed by atoms with E-state index in [2.05, 4.69) is 32.9 Å². The third-order valence-electron chi connectivity index (χ3n) is 2.44. The first kappa shape index (κ1) is 13.7. The zero-order valence-electron chi connectivity index (χ0n) is 10.3.